The fourth-order valence-corrected chi connectivity index (χ4v) is 4.16. The topological polar surface area (TPSA) is 86.3 Å². The van der Waals surface area contributed by atoms with E-state index >= 15 is 0 Å². The molecule has 0 spiro atoms. The lowest BCUT2D eigenvalue weighted by Crippen LogP contribution is -2.50. The molecule has 26 heavy (non-hydrogen) atoms. The number of rotatable bonds is 3. The number of ether oxygens (including phenoxy) is 1. The molecule has 2 N–H and O–H groups in total. The van der Waals surface area contributed by atoms with E-state index in [9.17, 15) is 9.59 Å². The number of nitrogens with one attached hydrogen (secondary N) is 2. The molecule has 2 saturated heterocycles. The largest absolute Gasteiger partial charge is 0.378 e. The lowest BCUT2D eigenvalue weighted by atomic mass is 10.1. The van der Waals surface area contributed by atoms with Crippen molar-refractivity contribution >= 4 is 34.4 Å². The Kier molecular flexibility index (Phi) is 5.21. The van der Waals surface area contributed by atoms with Crippen LogP contribution in [-0.2, 0) is 14.3 Å². The molecule has 8 nitrogen and oxygen atoms in total. The number of carbonyl (C=O) groups is 2. The minimum Gasteiger partial charge on any atom is -0.378 e. The summed E-state index contributed by atoms with van der Waals surface area (Å²) in [6.07, 6.45) is -0.288. The molecule has 4 rings (SSSR count). The van der Waals surface area contributed by atoms with Crippen molar-refractivity contribution in [2.24, 2.45) is 10.9 Å². The number of anilines is 1. The predicted molar refractivity (Wildman–Crippen MR) is 99.6 cm³/mol. The van der Waals surface area contributed by atoms with E-state index in [1.54, 1.807) is 9.80 Å². The Morgan fingerprint density at radius 1 is 1.27 bits per heavy atom. The standard InChI is InChI=1S/C17H21N5O3S/c23-14(21-6-8-25-9-7-21)11-26-17-19-15-13(10-18-20-15)16(24)22(17)12-4-2-1-3-5-12/h1-5,13,15,18,20H,6-11H2. The van der Waals surface area contributed by atoms with Crippen LogP contribution in [0.2, 0.25) is 0 Å². The molecule has 3 heterocycles. The number of aliphatic imine (C=N–C) groups is 1. The monoisotopic (exact) mass is 375 g/mol. The summed E-state index contributed by atoms with van der Waals surface area (Å²) >= 11 is 1.31. The molecule has 1 aromatic rings. The van der Waals surface area contributed by atoms with Crippen LogP contribution in [0.1, 0.15) is 0 Å². The third-order valence-corrected chi connectivity index (χ3v) is 5.57. The fraction of sp³-hybridized carbons (Fsp3) is 0.471. The first kappa shape index (κ1) is 17.5. The maximum absolute atomic E-state index is 13.0. The van der Waals surface area contributed by atoms with Crippen LogP contribution in [0.15, 0.2) is 35.3 Å². The van der Waals surface area contributed by atoms with Gasteiger partial charge in [-0.25, -0.2) is 10.4 Å². The summed E-state index contributed by atoms with van der Waals surface area (Å²) in [5, 5.41) is 0.556. The van der Waals surface area contributed by atoms with Crippen molar-refractivity contribution in [3.05, 3.63) is 30.3 Å². The van der Waals surface area contributed by atoms with Gasteiger partial charge in [0.05, 0.1) is 30.6 Å². The average Bonchev–Trinajstić information content (AvgIpc) is 3.16. The second-order valence-corrected chi connectivity index (χ2v) is 7.22. The second-order valence-electron chi connectivity index (χ2n) is 6.28. The van der Waals surface area contributed by atoms with Gasteiger partial charge in [0, 0.05) is 19.6 Å². The number of amidine groups is 1. The van der Waals surface area contributed by atoms with Crippen molar-refractivity contribution < 1.29 is 14.3 Å². The normalized spacial score (nSPS) is 25.8. The Balaban J connectivity index is 1.52. The van der Waals surface area contributed by atoms with Gasteiger partial charge in [-0.05, 0) is 12.1 Å². The maximum atomic E-state index is 13.0. The number of fused-ring (bicyclic) bond motifs is 1. The van der Waals surface area contributed by atoms with E-state index in [1.165, 1.54) is 11.8 Å². The van der Waals surface area contributed by atoms with Gasteiger partial charge < -0.3 is 9.64 Å². The van der Waals surface area contributed by atoms with Gasteiger partial charge in [-0.15, -0.1) is 0 Å². The highest BCUT2D eigenvalue weighted by molar-refractivity contribution is 8.14. The van der Waals surface area contributed by atoms with Crippen molar-refractivity contribution in [3.8, 4) is 0 Å². The molecule has 2 atom stereocenters. The van der Waals surface area contributed by atoms with Crippen molar-refractivity contribution in [2.75, 3.05) is 43.5 Å². The average molecular weight is 375 g/mol. The molecule has 2 amide bonds. The Labute approximate surface area is 155 Å². The highest BCUT2D eigenvalue weighted by atomic mass is 32.2. The molecular weight excluding hydrogens is 354 g/mol. The van der Waals surface area contributed by atoms with Crippen LogP contribution in [0.25, 0.3) is 0 Å². The Morgan fingerprint density at radius 3 is 2.81 bits per heavy atom. The van der Waals surface area contributed by atoms with E-state index in [2.05, 4.69) is 15.8 Å². The summed E-state index contributed by atoms with van der Waals surface area (Å²) in [7, 11) is 0. The molecule has 1 aromatic carbocycles. The number of amides is 2. The minimum absolute atomic E-state index is 0.00461. The van der Waals surface area contributed by atoms with Crippen LogP contribution in [0.3, 0.4) is 0 Å². The number of morpholine rings is 1. The molecule has 0 aromatic heterocycles. The van der Waals surface area contributed by atoms with Crippen molar-refractivity contribution in [1.82, 2.24) is 15.8 Å². The highest BCUT2D eigenvalue weighted by Crippen LogP contribution is 2.29. The number of benzene rings is 1. The summed E-state index contributed by atoms with van der Waals surface area (Å²) in [6, 6.07) is 9.45. The fourth-order valence-electron chi connectivity index (χ4n) is 3.21. The Hall–Kier alpha value is -1.94. The number of para-hydroxylation sites is 1. The molecule has 0 aliphatic carbocycles. The van der Waals surface area contributed by atoms with Gasteiger partial charge in [-0.3, -0.25) is 19.9 Å². The molecule has 0 saturated carbocycles. The number of hydrogen-bond acceptors (Lipinski definition) is 7. The summed E-state index contributed by atoms with van der Waals surface area (Å²) in [4.78, 5) is 33.6. The lowest BCUT2D eigenvalue weighted by Gasteiger charge is -2.33. The van der Waals surface area contributed by atoms with Crippen LogP contribution >= 0.6 is 11.8 Å². The zero-order valence-corrected chi connectivity index (χ0v) is 15.1. The molecule has 0 bridgehead atoms. The van der Waals surface area contributed by atoms with Gasteiger partial charge in [-0.2, -0.15) is 0 Å². The van der Waals surface area contributed by atoms with E-state index in [1.807, 2.05) is 30.3 Å². The van der Waals surface area contributed by atoms with Crippen molar-refractivity contribution in [1.29, 1.82) is 0 Å². The third kappa shape index (κ3) is 3.48. The highest BCUT2D eigenvalue weighted by Gasteiger charge is 2.42. The van der Waals surface area contributed by atoms with Crippen LogP contribution < -0.4 is 15.8 Å². The molecule has 3 aliphatic rings. The summed E-state index contributed by atoms with van der Waals surface area (Å²) in [5.74, 6) is 0.0471. The molecular formula is C17H21N5O3S. The van der Waals surface area contributed by atoms with Gasteiger partial charge in [-0.1, -0.05) is 30.0 Å². The summed E-state index contributed by atoms with van der Waals surface area (Å²) in [5.41, 5.74) is 6.80. The molecule has 2 fully saturated rings. The van der Waals surface area contributed by atoms with Crippen LogP contribution in [0.5, 0.6) is 0 Å². The summed E-state index contributed by atoms with van der Waals surface area (Å²) < 4.78 is 5.29. The maximum Gasteiger partial charge on any atom is 0.241 e. The number of hydrogen-bond donors (Lipinski definition) is 2. The van der Waals surface area contributed by atoms with E-state index < -0.39 is 0 Å². The molecule has 0 radical (unpaired) electrons. The minimum atomic E-state index is -0.288. The molecule has 9 heteroatoms. The Bertz CT molecular complexity index is 708. The number of thioether (sulfide) groups is 1. The molecule has 2 unspecified atom stereocenters. The van der Waals surface area contributed by atoms with E-state index in [0.29, 0.717) is 38.0 Å². The third-order valence-electron chi connectivity index (χ3n) is 4.63. The first-order valence-corrected chi connectivity index (χ1v) is 9.66. The first-order chi connectivity index (χ1) is 12.7. The Morgan fingerprint density at radius 2 is 2.04 bits per heavy atom. The van der Waals surface area contributed by atoms with Gasteiger partial charge in [0.1, 0.15) is 6.17 Å². The second kappa shape index (κ2) is 7.75. The molecule has 3 aliphatic heterocycles. The predicted octanol–water partition coefficient (Wildman–Crippen LogP) is 0.0313. The number of hydrazine groups is 1. The zero-order chi connectivity index (χ0) is 17.9. The first-order valence-electron chi connectivity index (χ1n) is 8.67. The van der Waals surface area contributed by atoms with Gasteiger partial charge in [0.15, 0.2) is 5.17 Å². The molecule has 138 valence electrons. The van der Waals surface area contributed by atoms with Gasteiger partial charge in [0.25, 0.3) is 0 Å². The summed E-state index contributed by atoms with van der Waals surface area (Å²) in [6.45, 7) is 2.92. The number of carbonyl (C=O) groups excluding carboxylic acids is 2. The van der Waals surface area contributed by atoms with Crippen molar-refractivity contribution in [3.63, 3.8) is 0 Å². The van der Waals surface area contributed by atoms with Crippen LogP contribution in [0.4, 0.5) is 5.69 Å². The zero-order valence-electron chi connectivity index (χ0n) is 14.3. The van der Waals surface area contributed by atoms with Gasteiger partial charge >= 0.3 is 0 Å². The van der Waals surface area contributed by atoms with Crippen LogP contribution in [-0.4, -0.2) is 66.6 Å². The quantitative estimate of drug-likeness (QED) is 0.775. The smallest absolute Gasteiger partial charge is 0.241 e. The van der Waals surface area contributed by atoms with Crippen molar-refractivity contribution in [2.45, 2.75) is 6.17 Å². The number of nitrogens with zero attached hydrogens (tertiary/aromatic N) is 3. The van der Waals surface area contributed by atoms with E-state index in [4.69, 9.17) is 4.74 Å². The SMILES string of the molecule is O=C(CSC1=NC2NNCC2C(=O)N1c1ccccc1)N1CCOCC1. The van der Waals surface area contributed by atoms with Crippen LogP contribution in [0, 0.1) is 5.92 Å². The van der Waals surface area contributed by atoms with E-state index in [-0.39, 0.29) is 29.7 Å². The van der Waals surface area contributed by atoms with Gasteiger partial charge in [0.2, 0.25) is 11.8 Å². The van der Waals surface area contributed by atoms with E-state index in [0.717, 1.165) is 5.69 Å². The lowest BCUT2D eigenvalue weighted by molar-refractivity contribution is -0.132.